The largest absolute Gasteiger partial charge is 0.334 e. The fourth-order valence-corrected chi connectivity index (χ4v) is 4.36. The van der Waals surface area contributed by atoms with Gasteiger partial charge in [-0.1, -0.05) is 0 Å². The molecule has 3 aromatic heterocycles. The van der Waals surface area contributed by atoms with E-state index in [1.54, 1.807) is 25.3 Å². The molecule has 0 aliphatic carbocycles. The van der Waals surface area contributed by atoms with E-state index in [1.165, 1.54) is 27.0 Å². The van der Waals surface area contributed by atoms with Crippen LogP contribution in [0.4, 0.5) is 8.78 Å². The molecule has 0 atom stereocenters. The lowest BCUT2D eigenvalue weighted by atomic mass is 9.98. The van der Waals surface area contributed by atoms with Crippen LogP contribution in [0, 0.1) is 18.3 Å². The van der Waals surface area contributed by atoms with Crippen molar-refractivity contribution in [1.82, 2.24) is 14.5 Å². The lowest BCUT2D eigenvalue weighted by Crippen LogP contribution is -2.62. The average Bonchev–Trinajstić information content (AvgIpc) is 3.12. The first-order valence-electron chi connectivity index (χ1n) is 8.85. The molecule has 4 heterocycles. The highest BCUT2D eigenvalue weighted by molar-refractivity contribution is 7.17. The van der Waals surface area contributed by atoms with E-state index in [2.05, 4.69) is 4.98 Å². The number of nitrogens with zero attached hydrogens (tertiary/aromatic N) is 4. The van der Waals surface area contributed by atoms with E-state index >= 15 is 0 Å². The van der Waals surface area contributed by atoms with Gasteiger partial charge in [0.05, 0.1) is 18.5 Å². The van der Waals surface area contributed by atoms with Gasteiger partial charge in [-0.05, 0) is 24.6 Å². The Morgan fingerprint density at radius 3 is 2.86 bits per heavy atom. The topological polar surface area (TPSA) is 79.0 Å². The molecule has 148 valence electrons. The molecule has 1 aliphatic heterocycles. The number of hydrogen-bond acceptors (Lipinski definition) is 5. The summed E-state index contributed by atoms with van der Waals surface area (Å²) in [6, 6.07) is 5.56. The van der Waals surface area contributed by atoms with Gasteiger partial charge in [0, 0.05) is 33.6 Å². The predicted molar refractivity (Wildman–Crippen MR) is 105 cm³/mol. The maximum atomic E-state index is 13.7. The minimum Gasteiger partial charge on any atom is -0.334 e. The number of likely N-dealkylation sites (tertiary alicyclic amines) is 1. The molecular formula is C20H16F2N4O2S. The third-order valence-electron chi connectivity index (χ3n) is 5.04. The van der Waals surface area contributed by atoms with E-state index in [4.69, 9.17) is 5.26 Å². The third-order valence-corrected chi connectivity index (χ3v) is 5.99. The minimum absolute atomic E-state index is 0.239. The molecule has 1 aliphatic rings. The minimum atomic E-state index is -1.97. The Labute approximate surface area is 168 Å². The molecule has 3 aromatic rings. The van der Waals surface area contributed by atoms with E-state index in [0.29, 0.717) is 27.8 Å². The summed E-state index contributed by atoms with van der Waals surface area (Å²) in [5, 5.41) is 11.4. The molecule has 1 amide bonds. The van der Waals surface area contributed by atoms with Crippen LogP contribution < -0.4 is 5.56 Å². The molecule has 1 fully saturated rings. The van der Waals surface area contributed by atoms with Crippen molar-refractivity contribution in [2.45, 2.75) is 19.1 Å². The lowest BCUT2D eigenvalue weighted by molar-refractivity contribution is -0.147. The van der Waals surface area contributed by atoms with Gasteiger partial charge < -0.3 is 9.47 Å². The van der Waals surface area contributed by atoms with Gasteiger partial charge in [0.1, 0.15) is 25.0 Å². The number of halogens is 2. The molecule has 29 heavy (non-hydrogen) atoms. The Morgan fingerprint density at radius 2 is 2.21 bits per heavy atom. The molecule has 4 rings (SSSR count). The molecule has 0 radical (unpaired) electrons. The molecule has 1 saturated heterocycles. The molecule has 0 unspecified atom stereocenters. The van der Waals surface area contributed by atoms with Crippen LogP contribution in [0.2, 0.25) is 0 Å². The zero-order valence-corrected chi connectivity index (χ0v) is 16.3. The summed E-state index contributed by atoms with van der Waals surface area (Å²) in [5.74, 6) is -0.430. The molecule has 0 bridgehead atoms. The van der Waals surface area contributed by atoms with Gasteiger partial charge in [0.25, 0.3) is 5.56 Å². The summed E-state index contributed by atoms with van der Waals surface area (Å²) in [6.45, 7) is -0.176. The quantitative estimate of drug-likeness (QED) is 0.658. The van der Waals surface area contributed by atoms with E-state index in [1.807, 2.05) is 11.4 Å². The normalized spacial score (nSPS) is 15.2. The van der Waals surface area contributed by atoms with Crippen LogP contribution in [0.15, 0.2) is 34.7 Å². The fraction of sp³-hybridized carbons (Fsp3) is 0.300. The number of rotatable bonds is 4. The van der Waals surface area contributed by atoms with Crippen LogP contribution in [0.5, 0.6) is 0 Å². The second-order valence-electron chi connectivity index (χ2n) is 7.17. The van der Waals surface area contributed by atoms with Gasteiger partial charge in [-0.2, -0.15) is 5.26 Å². The second-order valence-corrected chi connectivity index (χ2v) is 8.08. The number of pyridine rings is 2. The van der Waals surface area contributed by atoms with Crippen molar-refractivity contribution < 1.29 is 13.6 Å². The average molecular weight is 414 g/mol. The van der Waals surface area contributed by atoms with E-state index in [9.17, 15) is 18.4 Å². The number of hydrogen-bond donors (Lipinski definition) is 0. The third kappa shape index (κ3) is 3.29. The number of alkyl halides is 2. The summed E-state index contributed by atoms with van der Waals surface area (Å²) < 4.78 is 28.3. The summed E-state index contributed by atoms with van der Waals surface area (Å²) in [7, 11) is 0. The first-order valence-corrected chi connectivity index (χ1v) is 9.73. The summed E-state index contributed by atoms with van der Waals surface area (Å²) >= 11 is 1.40. The van der Waals surface area contributed by atoms with Crippen LogP contribution in [0.25, 0.3) is 21.2 Å². The van der Waals surface area contributed by atoms with Crippen molar-refractivity contribution in [2.24, 2.45) is 0 Å². The maximum Gasteiger partial charge on any atom is 0.260 e. The van der Waals surface area contributed by atoms with E-state index < -0.39 is 18.3 Å². The summed E-state index contributed by atoms with van der Waals surface area (Å²) in [5.41, 5.74) is 0.111. The molecule has 9 heteroatoms. The van der Waals surface area contributed by atoms with Crippen molar-refractivity contribution in [2.75, 3.05) is 19.8 Å². The number of aryl methyl sites for hydroxylation is 1. The first kappa shape index (κ1) is 19.2. The number of amides is 1. The Morgan fingerprint density at radius 1 is 1.45 bits per heavy atom. The highest BCUT2D eigenvalue weighted by atomic mass is 32.1. The first-order chi connectivity index (χ1) is 13.8. The van der Waals surface area contributed by atoms with Gasteiger partial charge in [0.15, 0.2) is 5.67 Å². The molecule has 0 N–H and O–H groups in total. The smallest absolute Gasteiger partial charge is 0.260 e. The highest BCUT2D eigenvalue weighted by Crippen LogP contribution is 2.32. The lowest BCUT2D eigenvalue weighted by Gasteiger charge is -2.42. The van der Waals surface area contributed by atoms with E-state index in [-0.39, 0.29) is 25.2 Å². The number of carbonyl (C=O) groups is 1. The molecule has 0 aromatic carbocycles. The molecule has 6 nitrogen and oxygen atoms in total. The molecule has 0 spiro atoms. The van der Waals surface area contributed by atoms with Crippen LogP contribution in [0.1, 0.15) is 11.3 Å². The van der Waals surface area contributed by atoms with Gasteiger partial charge in [-0.15, -0.1) is 11.3 Å². The number of thiophene rings is 1. The zero-order chi connectivity index (χ0) is 20.8. The van der Waals surface area contributed by atoms with Crippen molar-refractivity contribution in [1.29, 1.82) is 5.26 Å². The molecular weight excluding hydrogens is 398 g/mol. The second kappa shape index (κ2) is 7.04. The van der Waals surface area contributed by atoms with Crippen LogP contribution in [-0.4, -0.2) is 45.8 Å². The summed E-state index contributed by atoms with van der Waals surface area (Å²) in [6.07, 6.45) is 3.08. The zero-order valence-electron chi connectivity index (χ0n) is 15.5. The van der Waals surface area contributed by atoms with Crippen LogP contribution in [-0.2, 0) is 11.3 Å². The standard InChI is InChI=1S/C20H16F2N4O2S/c1-12-4-13(6-24-15(12)5-23)14-8-29-16-2-3-25(19(28)18(14)16)7-17(27)26-10-20(22,9-21)11-26/h2-4,6,8H,7,9-11H2,1H3. The van der Waals surface area contributed by atoms with Crippen LogP contribution >= 0.6 is 11.3 Å². The number of carbonyl (C=O) groups excluding carboxylic acids is 1. The summed E-state index contributed by atoms with van der Waals surface area (Å²) in [4.78, 5) is 30.7. The molecule has 0 saturated carbocycles. The van der Waals surface area contributed by atoms with Crippen molar-refractivity contribution >= 4 is 27.3 Å². The number of fused-ring (bicyclic) bond motifs is 1. The highest BCUT2D eigenvalue weighted by Gasteiger charge is 2.45. The van der Waals surface area contributed by atoms with Crippen LogP contribution in [0.3, 0.4) is 0 Å². The Bertz CT molecular complexity index is 1220. The van der Waals surface area contributed by atoms with Gasteiger partial charge >= 0.3 is 0 Å². The fourth-order valence-electron chi connectivity index (χ4n) is 3.41. The Hall–Kier alpha value is -3.12. The maximum absolute atomic E-state index is 13.7. The van der Waals surface area contributed by atoms with Crippen molar-refractivity contribution in [3.63, 3.8) is 0 Å². The van der Waals surface area contributed by atoms with E-state index in [0.717, 1.165) is 4.70 Å². The van der Waals surface area contributed by atoms with Crippen molar-refractivity contribution in [3.05, 3.63) is 51.5 Å². The monoisotopic (exact) mass is 414 g/mol. The SMILES string of the molecule is Cc1cc(-c2csc3ccn(CC(=O)N4CC(F)(CF)C4)c(=O)c23)cnc1C#N. The number of aromatic nitrogens is 2. The van der Waals surface area contributed by atoms with Gasteiger partial charge in [-0.3, -0.25) is 9.59 Å². The van der Waals surface area contributed by atoms with Crippen molar-refractivity contribution in [3.8, 4) is 17.2 Å². The Balaban J connectivity index is 1.67. The number of nitriles is 1. The van der Waals surface area contributed by atoms with Gasteiger partial charge in [0.2, 0.25) is 5.91 Å². The Kier molecular flexibility index (Phi) is 4.67. The van der Waals surface area contributed by atoms with Gasteiger partial charge in [-0.25, -0.2) is 13.8 Å². The predicted octanol–water partition coefficient (Wildman–Crippen LogP) is 2.83.